The highest BCUT2D eigenvalue weighted by Crippen LogP contribution is 2.49. The maximum absolute atomic E-state index is 9.89. The molecule has 2 heterocycles. The Kier molecular flexibility index (Phi) is 3.07. The molecular formula is C13H19NO4. The first-order valence-electron chi connectivity index (χ1n) is 6.71. The van der Waals surface area contributed by atoms with Gasteiger partial charge in [0.15, 0.2) is 0 Å². The molecule has 0 aromatic rings. The van der Waals surface area contributed by atoms with Gasteiger partial charge in [-0.25, -0.2) is 0 Å². The Labute approximate surface area is 106 Å². The summed E-state index contributed by atoms with van der Waals surface area (Å²) in [5.41, 5.74) is -0.429. The number of aliphatic hydroxyl groups is 2. The van der Waals surface area contributed by atoms with E-state index in [0.29, 0.717) is 19.3 Å². The van der Waals surface area contributed by atoms with Crippen molar-refractivity contribution in [1.82, 2.24) is 0 Å². The third-order valence-corrected chi connectivity index (χ3v) is 4.53. The molecule has 3 aliphatic rings. The second-order valence-corrected chi connectivity index (χ2v) is 5.71. The van der Waals surface area contributed by atoms with Gasteiger partial charge in [0, 0.05) is 19.3 Å². The number of fused-ring (bicyclic) bond motifs is 1. The van der Waals surface area contributed by atoms with Gasteiger partial charge in [-0.2, -0.15) is 5.26 Å². The molecule has 3 fully saturated rings. The molecule has 0 radical (unpaired) electrons. The van der Waals surface area contributed by atoms with E-state index in [4.69, 9.17) is 14.7 Å². The Morgan fingerprint density at radius 2 is 2.11 bits per heavy atom. The fourth-order valence-electron chi connectivity index (χ4n) is 3.65. The third-order valence-electron chi connectivity index (χ3n) is 4.53. The summed E-state index contributed by atoms with van der Waals surface area (Å²) in [6.07, 6.45) is 2.38. The largest absolute Gasteiger partial charge is 0.390 e. The van der Waals surface area contributed by atoms with Crippen molar-refractivity contribution < 1.29 is 19.7 Å². The average Bonchev–Trinajstić information content (AvgIpc) is 2.68. The second-order valence-electron chi connectivity index (χ2n) is 5.71. The summed E-state index contributed by atoms with van der Waals surface area (Å²) in [6.45, 7) is 0. The minimum atomic E-state index is -0.789. The lowest BCUT2D eigenvalue weighted by molar-refractivity contribution is -0.178. The fourth-order valence-corrected chi connectivity index (χ4v) is 3.65. The van der Waals surface area contributed by atoms with E-state index >= 15 is 0 Å². The Hall–Kier alpha value is -0.670. The van der Waals surface area contributed by atoms with Crippen LogP contribution in [0.15, 0.2) is 0 Å². The minimum Gasteiger partial charge on any atom is -0.390 e. The summed E-state index contributed by atoms with van der Waals surface area (Å²) >= 11 is 0. The zero-order valence-corrected chi connectivity index (χ0v) is 10.3. The van der Waals surface area contributed by atoms with Crippen LogP contribution in [0.1, 0.15) is 38.5 Å². The highest BCUT2D eigenvalue weighted by molar-refractivity contribution is 5.09. The van der Waals surface area contributed by atoms with E-state index in [0.717, 1.165) is 19.3 Å². The summed E-state index contributed by atoms with van der Waals surface area (Å²) < 4.78 is 12.0. The summed E-state index contributed by atoms with van der Waals surface area (Å²) in [7, 11) is 0. The van der Waals surface area contributed by atoms with Crippen LogP contribution in [0.4, 0.5) is 0 Å². The van der Waals surface area contributed by atoms with Crippen LogP contribution >= 0.6 is 0 Å². The van der Waals surface area contributed by atoms with Gasteiger partial charge < -0.3 is 19.7 Å². The Bertz CT molecular complexity index is 368. The van der Waals surface area contributed by atoms with Gasteiger partial charge in [-0.15, -0.1) is 0 Å². The van der Waals surface area contributed by atoms with Crippen LogP contribution in [0.5, 0.6) is 0 Å². The molecule has 1 saturated carbocycles. The molecule has 100 valence electrons. The van der Waals surface area contributed by atoms with Gasteiger partial charge in [0.1, 0.15) is 6.10 Å². The summed E-state index contributed by atoms with van der Waals surface area (Å²) in [5.74, 6) is 0. The van der Waals surface area contributed by atoms with Crippen molar-refractivity contribution in [3.8, 4) is 6.07 Å². The molecule has 2 bridgehead atoms. The summed E-state index contributed by atoms with van der Waals surface area (Å²) in [4.78, 5) is 0. The predicted octanol–water partition coefficient (Wildman–Crippen LogP) is 0.491. The highest BCUT2D eigenvalue weighted by atomic mass is 16.6. The smallest absolute Gasteiger partial charge is 0.106 e. The van der Waals surface area contributed by atoms with Gasteiger partial charge in [-0.3, -0.25) is 0 Å². The van der Waals surface area contributed by atoms with Crippen LogP contribution in [0.3, 0.4) is 0 Å². The topological polar surface area (TPSA) is 82.7 Å². The van der Waals surface area contributed by atoms with Crippen molar-refractivity contribution in [3.63, 3.8) is 0 Å². The first kappa shape index (κ1) is 12.4. The molecule has 2 saturated heterocycles. The van der Waals surface area contributed by atoms with Crippen LogP contribution in [0.25, 0.3) is 0 Å². The van der Waals surface area contributed by atoms with Gasteiger partial charge >= 0.3 is 0 Å². The SMILES string of the molecule is N#CCCC1CCC2O[C@@H]3CC2(C[C@@H](O)[C@H]3O)O1. The lowest BCUT2D eigenvalue weighted by Gasteiger charge is -2.44. The van der Waals surface area contributed by atoms with Crippen molar-refractivity contribution in [3.05, 3.63) is 0 Å². The molecule has 2 N–H and O–H groups in total. The lowest BCUT2D eigenvalue weighted by Crippen LogP contribution is -2.54. The molecule has 5 heteroatoms. The molecule has 2 aliphatic heterocycles. The van der Waals surface area contributed by atoms with E-state index in [1.807, 2.05) is 0 Å². The Morgan fingerprint density at radius 3 is 2.89 bits per heavy atom. The molecule has 1 aliphatic carbocycles. The number of nitriles is 1. The van der Waals surface area contributed by atoms with E-state index in [2.05, 4.69) is 6.07 Å². The van der Waals surface area contributed by atoms with Gasteiger partial charge in [0.2, 0.25) is 0 Å². The quantitative estimate of drug-likeness (QED) is 0.748. The molecule has 3 unspecified atom stereocenters. The van der Waals surface area contributed by atoms with Crippen molar-refractivity contribution in [2.24, 2.45) is 0 Å². The van der Waals surface area contributed by atoms with Crippen LogP contribution < -0.4 is 0 Å². The van der Waals surface area contributed by atoms with Gasteiger partial charge in [-0.1, -0.05) is 0 Å². The van der Waals surface area contributed by atoms with E-state index in [1.54, 1.807) is 0 Å². The maximum atomic E-state index is 9.89. The standard InChI is InChI=1S/C13H19NO4/c14-5-1-2-8-3-4-11-13(18-8)6-9(15)12(16)10(7-13)17-11/h8-12,15-16H,1-4,6-7H2/t8?,9-,10-,11?,12-,13?/m1/s1. The molecule has 1 spiro atoms. The number of ether oxygens (including phenoxy) is 2. The zero-order chi connectivity index (χ0) is 12.8. The predicted molar refractivity (Wildman–Crippen MR) is 61.6 cm³/mol. The molecule has 6 atom stereocenters. The maximum Gasteiger partial charge on any atom is 0.106 e. The Morgan fingerprint density at radius 1 is 1.28 bits per heavy atom. The summed E-state index contributed by atoms with van der Waals surface area (Å²) in [6, 6.07) is 2.14. The fraction of sp³-hybridized carbons (Fsp3) is 0.923. The van der Waals surface area contributed by atoms with Crippen LogP contribution in [0, 0.1) is 11.3 Å². The number of aliphatic hydroxyl groups excluding tert-OH is 2. The van der Waals surface area contributed by atoms with E-state index < -0.39 is 17.8 Å². The van der Waals surface area contributed by atoms with E-state index in [1.165, 1.54) is 0 Å². The number of rotatable bonds is 2. The van der Waals surface area contributed by atoms with Crippen molar-refractivity contribution in [2.45, 2.75) is 74.6 Å². The molecule has 18 heavy (non-hydrogen) atoms. The van der Waals surface area contributed by atoms with E-state index in [9.17, 15) is 10.2 Å². The highest BCUT2D eigenvalue weighted by Gasteiger charge is 2.59. The van der Waals surface area contributed by atoms with Crippen molar-refractivity contribution in [2.75, 3.05) is 0 Å². The molecule has 3 rings (SSSR count). The van der Waals surface area contributed by atoms with Gasteiger partial charge in [0.25, 0.3) is 0 Å². The second kappa shape index (κ2) is 4.46. The zero-order valence-electron chi connectivity index (χ0n) is 10.3. The minimum absolute atomic E-state index is 0.00682. The normalized spacial score (nSPS) is 50.6. The van der Waals surface area contributed by atoms with Crippen LogP contribution in [-0.2, 0) is 9.47 Å². The van der Waals surface area contributed by atoms with Gasteiger partial charge in [0.05, 0.1) is 36.1 Å². The number of hydrogen-bond acceptors (Lipinski definition) is 5. The van der Waals surface area contributed by atoms with Gasteiger partial charge in [-0.05, 0) is 19.3 Å². The molecule has 5 nitrogen and oxygen atoms in total. The molecule has 0 aromatic carbocycles. The average molecular weight is 253 g/mol. The molecular weight excluding hydrogens is 234 g/mol. The van der Waals surface area contributed by atoms with Crippen molar-refractivity contribution >= 4 is 0 Å². The molecule has 0 aromatic heterocycles. The third kappa shape index (κ3) is 1.84. The number of hydrogen-bond donors (Lipinski definition) is 2. The first-order valence-corrected chi connectivity index (χ1v) is 6.71. The molecule has 0 amide bonds. The van der Waals surface area contributed by atoms with E-state index in [-0.39, 0.29) is 18.3 Å². The monoisotopic (exact) mass is 253 g/mol. The van der Waals surface area contributed by atoms with Crippen LogP contribution in [-0.4, -0.2) is 46.3 Å². The Balaban J connectivity index is 1.74. The van der Waals surface area contributed by atoms with Crippen LogP contribution in [0.2, 0.25) is 0 Å². The number of nitrogens with zero attached hydrogens (tertiary/aromatic N) is 1. The van der Waals surface area contributed by atoms with Crippen molar-refractivity contribution in [1.29, 1.82) is 5.26 Å². The lowest BCUT2D eigenvalue weighted by atomic mass is 9.76. The first-order chi connectivity index (χ1) is 8.64. The summed E-state index contributed by atoms with van der Waals surface area (Å²) in [5, 5.41) is 28.4.